The van der Waals surface area contributed by atoms with E-state index in [0.29, 0.717) is 4.90 Å². The Morgan fingerprint density at radius 3 is 2.31 bits per heavy atom. The van der Waals surface area contributed by atoms with Crippen molar-refractivity contribution in [2.24, 2.45) is 0 Å². The fourth-order valence-corrected chi connectivity index (χ4v) is 1.47. The van der Waals surface area contributed by atoms with E-state index in [1.54, 1.807) is 12.1 Å². The molecule has 0 saturated heterocycles. The smallest absolute Gasteiger partial charge is 0.317 e. The van der Waals surface area contributed by atoms with Crippen molar-refractivity contribution < 1.29 is 13.2 Å². The third-order valence-electron chi connectivity index (χ3n) is 1.41. The van der Waals surface area contributed by atoms with Crippen LogP contribution in [0.3, 0.4) is 0 Å². The highest BCUT2D eigenvalue weighted by molar-refractivity contribution is 7.80. The first kappa shape index (κ1) is 9.92. The Balaban J connectivity index is 2.78. The van der Waals surface area contributed by atoms with Gasteiger partial charge in [-0.05, 0) is 19.1 Å². The lowest BCUT2D eigenvalue weighted by Gasteiger charge is -2.00. The molecule has 4 heteroatoms. The largest absolute Gasteiger partial charge is 0.361 e. The molecule has 1 aromatic rings. The zero-order chi connectivity index (χ0) is 9.84. The van der Waals surface area contributed by atoms with Crippen LogP contribution in [0.5, 0.6) is 0 Å². The molecule has 70 valence electrons. The van der Waals surface area contributed by atoms with Crippen LogP contribution >= 0.6 is 0 Å². The Bertz CT molecular complexity index is 329. The number of aryl methyl sites for hydroxylation is 1. The van der Waals surface area contributed by atoms with Crippen molar-refractivity contribution in [3.05, 3.63) is 29.8 Å². The standard InChI is InChI=1S/C9H10O3S/c1-7-3-5-9(6-4-7)13(11)12-8(2)10/h3-6H,1-2H3. The summed E-state index contributed by atoms with van der Waals surface area (Å²) in [6, 6.07) is 6.98. The first-order valence-corrected chi connectivity index (χ1v) is 4.84. The quantitative estimate of drug-likeness (QED) is 0.724. The molecular formula is C9H10O3S. The van der Waals surface area contributed by atoms with Crippen LogP contribution in [-0.2, 0) is 20.1 Å². The van der Waals surface area contributed by atoms with Crippen LogP contribution in [0.1, 0.15) is 12.5 Å². The maximum atomic E-state index is 11.2. The van der Waals surface area contributed by atoms with Gasteiger partial charge in [-0.1, -0.05) is 17.7 Å². The molecule has 0 N–H and O–H groups in total. The molecule has 0 aliphatic carbocycles. The number of carbonyl (C=O) groups excluding carboxylic acids is 1. The van der Waals surface area contributed by atoms with Gasteiger partial charge >= 0.3 is 5.97 Å². The summed E-state index contributed by atoms with van der Waals surface area (Å²) in [5, 5.41) is 0. The van der Waals surface area contributed by atoms with Crippen LogP contribution in [0, 0.1) is 6.92 Å². The first-order chi connectivity index (χ1) is 6.09. The predicted molar refractivity (Wildman–Crippen MR) is 49.4 cm³/mol. The number of rotatable bonds is 2. The molecule has 1 rings (SSSR count). The first-order valence-electron chi connectivity index (χ1n) is 3.77. The van der Waals surface area contributed by atoms with E-state index in [-0.39, 0.29) is 0 Å². The van der Waals surface area contributed by atoms with E-state index in [1.807, 2.05) is 19.1 Å². The second-order valence-corrected chi connectivity index (χ2v) is 3.73. The minimum atomic E-state index is -1.67. The SMILES string of the molecule is CC(=O)OS(=O)c1ccc(C)cc1. The van der Waals surface area contributed by atoms with Crippen LogP contribution in [0.25, 0.3) is 0 Å². The Hall–Kier alpha value is -1.16. The maximum Gasteiger partial charge on any atom is 0.317 e. The molecule has 3 nitrogen and oxygen atoms in total. The van der Waals surface area contributed by atoms with Crippen molar-refractivity contribution in [3.8, 4) is 0 Å². The lowest BCUT2D eigenvalue weighted by Crippen LogP contribution is -2.02. The number of carbonyl (C=O) groups is 1. The fraction of sp³-hybridized carbons (Fsp3) is 0.222. The minimum absolute atomic E-state index is 0.501. The van der Waals surface area contributed by atoms with Gasteiger partial charge in [0, 0.05) is 6.92 Å². The van der Waals surface area contributed by atoms with Crippen LogP contribution < -0.4 is 0 Å². The Morgan fingerprint density at radius 2 is 1.85 bits per heavy atom. The van der Waals surface area contributed by atoms with Crippen LogP contribution in [-0.4, -0.2) is 10.2 Å². The molecule has 13 heavy (non-hydrogen) atoms. The van der Waals surface area contributed by atoms with Gasteiger partial charge in [-0.2, -0.15) is 0 Å². The van der Waals surface area contributed by atoms with Crippen molar-refractivity contribution in [3.63, 3.8) is 0 Å². The molecule has 0 spiro atoms. The Kier molecular flexibility index (Phi) is 3.19. The number of benzene rings is 1. The summed E-state index contributed by atoms with van der Waals surface area (Å²) < 4.78 is 15.7. The highest BCUT2D eigenvalue weighted by atomic mass is 32.2. The fourth-order valence-electron chi connectivity index (χ4n) is 0.804. The van der Waals surface area contributed by atoms with Gasteiger partial charge in [-0.3, -0.25) is 4.79 Å². The molecule has 1 unspecified atom stereocenters. The normalized spacial score (nSPS) is 12.2. The molecule has 0 radical (unpaired) electrons. The van der Waals surface area contributed by atoms with Crippen molar-refractivity contribution in [2.75, 3.05) is 0 Å². The molecule has 0 heterocycles. The lowest BCUT2D eigenvalue weighted by molar-refractivity contribution is -0.130. The summed E-state index contributed by atoms with van der Waals surface area (Å²) in [7, 11) is 0. The lowest BCUT2D eigenvalue weighted by atomic mass is 10.2. The number of hydrogen-bond acceptors (Lipinski definition) is 3. The van der Waals surface area contributed by atoms with Gasteiger partial charge in [0.25, 0.3) is 0 Å². The van der Waals surface area contributed by atoms with Crippen molar-refractivity contribution in [2.45, 2.75) is 18.7 Å². The third-order valence-corrected chi connectivity index (χ3v) is 2.45. The highest BCUT2D eigenvalue weighted by Crippen LogP contribution is 2.09. The maximum absolute atomic E-state index is 11.2. The Labute approximate surface area is 79.4 Å². The van der Waals surface area contributed by atoms with Gasteiger partial charge < -0.3 is 4.18 Å². The average molecular weight is 198 g/mol. The summed E-state index contributed by atoms with van der Waals surface area (Å²) in [5.41, 5.74) is 1.07. The monoisotopic (exact) mass is 198 g/mol. The van der Waals surface area contributed by atoms with Crippen molar-refractivity contribution in [1.29, 1.82) is 0 Å². The van der Waals surface area contributed by atoms with Crippen molar-refractivity contribution >= 4 is 17.0 Å². The molecule has 0 saturated carbocycles. The minimum Gasteiger partial charge on any atom is -0.361 e. The second-order valence-electron chi connectivity index (χ2n) is 2.62. The summed E-state index contributed by atoms with van der Waals surface area (Å²) in [6.07, 6.45) is 0. The van der Waals surface area contributed by atoms with Gasteiger partial charge in [0.1, 0.15) is 0 Å². The van der Waals surface area contributed by atoms with E-state index < -0.39 is 17.0 Å². The van der Waals surface area contributed by atoms with Gasteiger partial charge in [0.05, 0.1) is 4.90 Å². The molecular weight excluding hydrogens is 188 g/mol. The van der Waals surface area contributed by atoms with Crippen molar-refractivity contribution in [1.82, 2.24) is 0 Å². The Morgan fingerprint density at radius 1 is 1.31 bits per heavy atom. The van der Waals surface area contributed by atoms with E-state index in [9.17, 15) is 9.00 Å². The summed E-state index contributed by atoms with van der Waals surface area (Å²) in [6.45, 7) is 3.16. The third kappa shape index (κ3) is 2.99. The van der Waals surface area contributed by atoms with Gasteiger partial charge in [0.2, 0.25) is 11.1 Å². The molecule has 0 aromatic heterocycles. The molecule has 0 aliphatic rings. The molecule has 0 aliphatic heterocycles. The zero-order valence-corrected chi connectivity index (χ0v) is 8.26. The zero-order valence-electron chi connectivity index (χ0n) is 7.44. The van der Waals surface area contributed by atoms with E-state index in [2.05, 4.69) is 4.18 Å². The summed E-state index contributed by atoms with van der Waals surface area (Å²) >= 11 is -1.67. The van der Waals surface area contributed by atoms with Gasteiger partial charge in [0.15, 0.2) is 0 Å². The molecule has 0 amide bonds. The topological polar surface area (TPSA) is 43.4 Å². The van der Waals surface area contributed by atoms with Gasteiger partial charge in [-0.25, -0.2) is 4.21 Å². The molecule has 1 atom stereocenters. The van der Waals surface area contributed by atoms with E-state index in [0.717, 1.165) is 5.56 Å². The molecule has 1 aromatic carbocycles. The van der Waals surface area contributed by atoms with E-state index in [4.69, 9.17) is 0 Å². The average Bonchev–Trinajstić information content (AvgIpc) is 2.04. The van der Waals surface area contributed by atoms with Crippen LogP contribution in [0.4, 0.5) is 0 Å². The molecule has 0 fully saturated rings. The second kappa shape index (κ2) is 4.18. The number of hydrogen-bond donors (Lipinski definition) is 0. The summed E-state index contributed by atoms with van der Waals surface area (Å²) in [5.74, 6) is -0.543. The van der Waals surface area contributed by atoms with Crippen LogP contribution in [0.15, 0.2) is 29.2 Å². The van der Waals surface area contributed by atoms with E-state index in [1.165, 1.54) is 6.92 Å². The van der Waals surface area contributed by atoms with E-state index >= 15 is 0 Å². The highest BCUT2D eigenvalue weighted by Gasteiger charge is 2.06. The molecule has 0 bridgehead atoms. The predicted octanol–water partition coefficient (Wildman–Crippen LogP) is 1.58. The summed E-state index contributed by atoms with van der Waals surface area (Å²) in [4.78, 5) is 11.0. The van der Waals surface area contributed by atoms with Gasteiger partial charge in [-0.15, -0.1) is 0 Å². The van der Waals surface area contributed by atoms with Crippen LogP contribution in [0.2, 0.25) is 0 Å².